The van der Waals surface area contributed by atoms with Crippen LogP contribution in [-0.4, -0.2) is 12.4 Å². The van der Waals surface area contributed by atoms with E-state index in [-0.39, 0.29) is 5.78 Å². The van der Waals surface area contributed by atoms with Crippen LogP contribution in [-0.2, 0) is 4.74 Å². The lowest BCUT2D eigenvalue weighted by molar-refractivity contribution is 0.103. The van der Waals surface area contributed by atoms with E-state index in [1.807, 2.05) is 17.7 Å². The van der Waals surface area contributed by atoms with Gasteiger partial charge in [0.1, 0.15) is 0 Å². The van der Waals surface area contributed by atoms with Gasteiger partial charge in [0.05, 0.1) is 12.9 Å². The molecule has 0 saturated carbocycles. The third kappa shape index (κ3) is 1.52. The molecule has 68 valence electrons. The third-order valence-corrected chi connectivity index (χ3v) is 2.97. The number of hydrogen-bond donors (Lipinski definition) is 0. The fraction of sp³-hybridized carbons (Fsp3) is 0.300. The van der Waals surface area contributed by atoms with E-state index >= 15 is 0 Å². The predicted octanol–water partition coefficient (Wildman–Crippen LogP) is 2.54. The van der Waals surface area contributed by atoms with E-state index in [1.54, 1.807) is 17.6 Å². The van der Waals surface area contributed by atoms with E-state index in [2.05, 4.69) is 0 Å². The molecule has 1 aliphatic rings. The molecule has 13 heavy (non-hydrogen) atoms. The zero-order chi connectivity index (χ0) is 9.26. The highest BCUT2D eigenvalue weighted by atomic mass is 32.1. The Kier molecular flexibility index (Phi) is 2.19. The quantitative estimate of drug-likeness (QED) is 0.676. The van der Waals surface area contributed by atoms with Crippen LogP contribution in [0.5, 0.6) is 0 Å². The van der Waals surface area contributed by atoms with Crippen LogP contribution in [0.2, 0.25) is 0 Å². The van der Waals surface area contributed by atoms with Gasteiger partial charge < -0.3 is 4.74 Å². The summed E-state index contributed by atoms with van der Waals surface area (Å²) in [5.41, 5.74) is 2.67. The molecule has 0 aliphatic carbocycles. The second-order valence-electron chi connectivity index (χ2n) is 3.06. The van der Waals surface area contributed by atoms with Crippen LogP contribution in [0.25, 0.3) is 0 Å². The molecule has 0 amide bonds. The zero-order valence-electron chi connectivity index (χ0n) is 7.37. The Morgan fingerprint density at radius 1 is 1.54 bits per heavy atom. The van der Waals surface area contributed by atoms with Crippen molar-refractivity contribution in [3.63, 3.8) is 0 Å². The molecule has 2 rings (SSSR count). The fourth-order valence-corrected chi connectivity index (χ4v) is 2.15. The fourth-order valence-electron chi connectivity index (χ4n) is 1.32. The van der Waals surface area contributed by atoms with E-state index in [0.29, 0.717) is 6.61 Å². The van der Waals surface area contributed by atoms with Crippen LogP contribution in [0.1, 0.15) is 22.3 Å². The van der Waals surface area contributed by atoms with Crippen LogP contribution in [0.4, 0.5) is 0 Å². The zero-order valence-corrected chi connectivity index (χ0v) is 8.19. The van der Waals surface area contributed by atoms with Gasteiger partial charge in [0.15, 0.2) is 5.78 Å². The average Bonchev–Trinajstić information content (AvgIpc) is 2.72. The number of carbonyl (C=O) groups excluding carboxylic acids is 1. The van der Waals surface area contributed by atoms with Crippen molar-refractivity contribution in [1.82, 2.24) is 0 Å². The Morgan fingerprint density at radius 3 is 2.92 bits per heavy atom. The monoisotopic (exact) mass is 194 g/mol. The topological polar surface area (TPSA) is 26.3 Å². The minimum atomic E-state index is 0.122. The smallest absolute Gasteiger partial charge is 0.193 e. The molecule has 0 atom stereocenters. The molecular formula is C10H10O2S. The van der Waals surface area contributed by atoms with Gasteiger partial charge in [-0.15, -0.1) is 0 Å². The summed E-state index contributed by atoms with van der Waals surface area (Å²) in [6, 6.07) is 0. The summed E-state index contributed by atoms with van der Waals surface area (Å²) in [4.78, 5) is 11.8. The van der Waals surface area contributed by atoms with E-state index in [1.165, 1.54) is 0 Å². The van der Waals surface area contributed by atoms with Crippen LogP contribution < -0.4 is 0 Å². The van der Waals surface area contributed by atoms with E-state index < -0.39 is 0 Å². The van der Waals surface area contributed by atoms with Crippen molar-refractivity contribution in [2.45, 2.75) is 13.3 Å². The average molecular weight is 194 g/mol. The molecule has 2 nitrogen and oxygen atoms in total. The van der Waals surface area contributed by atoms with Gasteiger partial charge >= 0.3 is 0 Å². The predicted molar refractivity (Wildman–Crippen MR) is 52.0 cm³/mol. The number of rotatable bonds is 2. The van der Waals surface area contributed by atoms with E-state index in [9.17, 15) is 4.79 Å². The van der Waals surface area contributed by atoms with Gasteiger partial charge in [-0.25, -0.2) is 0 Å². The molecule has 3 heteroatoms. The summed E-state index contributed by atoms with van der Waals surface area (Å²) in [6.45, 7) is 2.60. The largest absolute Gasteiger partial charge is 0.500 e. The Labute approximate surface area is 80.8 Å². The Bertz CT molecular complexity index is 363. The van der Waals surface area contributed by atoms with Crippen molar-refractivity contribution in [3.05, 3.63) is 33.7 Å². The molecule has 1 aliphatic heterocycles. The normalized spacial score (nSPS) is 15.3. The summed E-state index contributed by atoms with van der Waals surface area (Å²) in [5, 5.41) is 3.89. The lowest BCUT2D eigenvalue weighted by atomic mass is 10.0. The maximum absolute atomic E-state index is 11.8. The molecule has 0 aromatic carbocycles. The second-order valence-corrected chi connectivity index (χ2v) is 3.81. The molecule has 0 unspecified atom stereocenters. The van der Waals surface area contributed by atoms with Crippen molar-refractivity contribution < 1.29 is 9.53 Å². The lowest BCUT2D eigenvalue weighted by Gasteiger charge is -1.97. The molecule has 0 bridgehead atoms. The number of aryl methyl sites for hydroxylation is 1. The SMILES string of the molecule is Cc1cscc1C(=O)C1=COCC1. The minimum absolute atomic E-state index is 0.122. The first kappa shape index (κ1) is 8.51. The third-order valence-electron chi connectivity index (χ3n) is 2.11. The summed E-state index contributed by atoms with van der Waals surface area (Å²) in [6.07, 6.45) is 2.33. The van der Waals surface area contributed by atoms with Crippen molar-refractivity contribution in [3.8, 4) is 0 Å². The standard InChI is InChI=1S/C10H10O2S/c1-7-5-13-6-9(7)10(11)8-2-3-12-4-8/h4-6H,2-3H2,1H3. The van der Waals surface area contributed by atoms with Gasteiger partial charge in [-0.2, -0.15) is 11.3 Å². The highest BCUT2D eigenvalue weighted by Gasteiger charge is 2.18. The maximum Gasteiger partial charge on any atom is 0.193 e. The van der Waals surface area contributed by atoms with Gasteiger partial charge in [0.25, 0.3) is 0 Å². The van der Waals surface area contributed by atoms with Gasteiger partial charge in [-0.05, 0) is 17.9 Å². The van der Waals surface area contributed by atoms with Gasteiger partial charge in [-0.1, -0.05) is 0 Å². The van der Waals surface area contributed by atoms with Crippen molar-refractivity contribution in [2.24, 2.45) is 0 Å². The first-order chi connectivity index (χ1) is 6.29. The van der Waals surface area contributed by atoms with Crippen molar-refractivity contribution >= 4 is 17.1 Å². The maximum atomic E-state index is 11.8. The molecule has 0 fully saturated rings. The molecular weight excluding hydrogens is 184 g/mol. The van der Waals surface area contributed by atoms with Gasteiger partial charge in [-0.3, -0.25) is 4.79 Å². The van der Waals surface area contributed by atoms with Gasteiger partial charge in [0, 0.05) is 22.9 Å². The van der Waals surface area contributed by atoms with Crippen molar-refractivity contribution in [2.75, 3.05) is 6.61 Å². The number of carbonyl (C=O) groups is 1. The molecule has 0 N–H and O–H groups in total. The van der Waals surface area contributed by atoms with E-state index in [0.717, 1.165) is 23.1 Å². The van der Waals surface area contributed by atoms with Crippen LogP contribution >= 0.6 is 11.3 Å². The van der Waals surface area contributed by atoms with Crippen LogP contribution in [0, 0.1) is 6.92 Å². The Balaban J connectivity index is 2.27. The summed E-state index contributed by atoms with van der Waals surface area (Å²) < 4.78 is 5.04. The van der Waals surface area contributed by atoms with E-state index in [4.69, 9.17) is 4.74 Å². The Morgan fingerprint density at radius 2 is 2.38 bits per heavy atom. The summed E-state index contributed by atoms with van der Waals surface area (Å²) in [5.74, 6) is 0.122. The van der Waals surface area contributed by atoms with Gasteiger partial charge in [0.2, 0.25) is 0 Å². The highest BCUT2D eigenvalue weighted by molar-refractivity contribution is 7.08. The molecule has 1 aromatic rings. The molecule has 1 aromatic heterocycles. The second kappa shape index (κ2) is 3.34. The highest BCUT2D eigenvalue weighted by Crippen LogP contribution is 2.21. The number of ether oxygens (including phenoxy) is 1. The number of hydrogen-bond acceptors (Lipinski definition) is 3. The molecule has 0 radical (unpaired) electrons. The Hall–Kier alpha value is -1.09. The van der Waals surface area contributed by atoms with Crippen LogP contribution in [0.15, 0.2) is 22.6 Å². The number of ketones is 1. The molecule has 0 saturated heterocycles. The van der Waals surface area contributed by atoms with Crippen molar-refractivity contribution in [1.29, 1.82) is 0 Å². The summed E-state index contributed by atoms with van der Waals surface area (Å²) in [7, 11) is 0. The molecule has 0 spiro atoms. The molecule has 2 heterocycles. The lowest BCUT2D eigenvalue weighted by Crippen LogP contribution is -2.01. The first-order valence-corrected chi connectivity index (χ1v) is 5.11. The number of Topliss-reactive ketones (excluding diaryl/α,β-unsaturated/α-hetero) is 1. The summed E-state index contributed by atoms with van der Waals surface area (Å²) >= 11 is 1.56. The van der Waals surface area contributed by atoms with Crippen LogP contribution in [0.3, 0.4) is 0 Å². The number of thiophene rings is 1. The first-order valence-electron chi connectivity index (χ1n) is 4.17. The minimum Gasteiger partial charge on any atom is -0.500 e.